The fourth-order valence-corrected chi connectivity index (χ4v) is 4.73. The van der Waals surface area contributed by atoms with Gasteiger partial charge in [-0.25, -0.2) is 8.42 Å². The number of nitrogens with zero attached hydrogens (tertiary/aromatic N) is 2. The standard InChI is InChI=1S/C11H19N3O2S2/c1-3-18(15,16)9-10(12)13-17-11(9)14-7-5-4-6-8(14)2/h8H,3-7H2,1-2H3,(H2,12,13). The molecule has 2 heterocycles. The molecule has 0 bridgehead atoms. The topological polar surface area (TPSA) is 76.3 Å². The molecular formula is C11H19N3O2S2. The van der Waals surface area contributed by atoms with E-state index in [0.29, 0.717) is 6.04 Å². The van der Waals surface area contributed by atoms with E-state index < -0.39 is 9.84 Å². The van der Waals surface area contributed by atoms with Gasteiger partial charge in [-0.3, -0.25) is 0 Å². The average molecular weight is 289 g/mol. The van der Waals surface area contributed by atoms with Crippen LogP contribution in [-0.4, -0.2) is 31.1 Å². The summed E-state index contributed by atoms with van der Waals surface area (Å²) in [6, 6.07) is 0.351. The molecule has 1 aromatic rings. The van der Waals surface area contributed by atoms with Gasteiger partial charge in [-0.15, -0.1) is 0 Å². The highest BCUT2D eigenvalue weighted by Gasteiger charge is 2.30. The van der Waals surface area contributed by atoms with Crippen LogP contribution in [0.5, 0.6) is 0 Å². The van der Waals surface area contributed by atoms with Gasteiger partial charge in [-0.2, -0.15) is 4.37 Å². The summed E-state index contributed by atoms with van der Waals surface area (Å²) in [5, 5.41) is 0.724. The summed E-state index contributed by atoms with van der Waals surface area (Å²) in [7, 11) is -3.31. The Labute approximate surface area is 112 Å². The Morgan fingerprint density at radius 2 is 2.22 bits per heavy atom. The number of nitrogen functional groups attached to an aromatic ring is 1. The minimum Gasteiger partial charge on any atom is -0.382 e. The van der Waals surface area contributed by atoms with Crippen LogP contribution in [0.25, 0.3) is 0 Å². The summed E-state index contributed by atoms with van der Waals surface area (Å²) < 4.78 is 28.3. The molecule has 0 aromatic carbocycles. The van der Waals surface area contributed by atoms with Crippen molar-refractivity contribution in [2.45, 2.75) is 44.0 Å². The molecule has 7 heteroatoms. The second-order valence-corrected chi connectivity index (χ2v) is 7.61. The van der Waals surface area contributed by atoms with Crippen LogP contribution in [0.3, 0.4) is 0 Å². The van der Waals surface area contributed by atoms with Crippen LogP contribution >= 0.6 is 11.5 Å². The third-order valence-electron chi connectivity index (χ3n) is 3.41. The summed E-state index contributed by atoms with van der Waals surface area (Å²) >= 11 is 1.20. The number of anilines is 2. The third-order valence-corrected chi connectivity index (χ3v) is 6.23. The number of piperidine rings is 1. The van der Waals surface area contributed by atoms with Crippen molar-refractivity contribution in [3.05, 3.63) is 0 Å². The molecule has 2 N–H and O–H groups in total. The Kier molecular flexibility index (Phi) is 3.82. The molecule has 1 atom stereocenters. The predicted octanol–water partition coefficient (Wildman–Crippen LogP) is 1.90. The third kappa shape index (κ3) is 2.33. The summed E-state index contributed by atoms with van der Waals surface area (Å²) in [5.74, 6) is 0.208. The van der Waals surface area contributed by atoms with Crippen molar-refractivity contribution in [3.63, 3.8) is 0 Å². The molecule has 0 spiro atoms. The van der Waals surface area contributed by atoms with Gasteiger partial charge in [0, 0.05) is 12.6 Å². The molecule has 0 amide bonds. The monoisotopic (exact) mass is 289 g/mol. The average Bonchev–Trinajstić information content (AvgIpc) is 2.72. The fourth-order valence-electron chi connectivity index (χ4n) is 2.30. The molecule has 0 radical (unpaired) electrons. The Bertz CT molecular complexity index is 524. The SMILES string of the molecule is CCS(=O)(=O)c1c(N)nsc1N1CCCCC1C. The molecule has 1 fully saturated rings. The fraction of sp³-hybridized carbons (Fsp3) is 0.727. The maximum absolute atomic E-state index is 12.1. The minimum absolute atomic E-state index is 0.0604. The number of hydrogen-bond acceptors (Lipinski definition) is 6. The Morgan fingerprint density at radius 3 is 2.83 bits per heavy atom. The van der Waals surface area contributed by atoms with Crippen molar-refractivity contribution < 1.29 is 8.42 Å². The van der Waals surface area contributed by atoms with E-state index in [0.717, 1.165) is 24.4 Å². The quantitative estimate of drug-likeness (QED) is 0.919. The van der Waals surface area contributed by atoms with E-state index in [-0.39, 0.29) is 16.5 Å². The van der Waals surface area contributed by atoms with Gasteiger partial charge in [-0.05, 0) is 37.7 Å². The summed E-state index contributed by atoms with van der Waals surface area (Å²) in [6.45, 7) is 4.64. The first kappa shape index (κ1) is 13.6. The molecule has 0 saturated carbocycles. The number of sulfone groups is 1. The lowest BCUT2D eigenvalue weighted by molar-refractivity contribution is 0.485. The van der Waals surface area contributed by atoms with Gasteiger partial charge in [0.2, 0.25) is 0 Å². The molecule has 18 heavy (non-hydrogen) atoms. The number of aromatic nitrogens is 1. The molecule has 1 unspecified atom stereocenters. The van der Waals surface area contributed by atoms with E-state index >= 15 is 0 Å². The highest BCUT2D eigenvalue weighted by molar-refractivity contribution is 7.91. The second-order valence-electron chi connectivity index (χ2n) is 4.64. The van der Waals surface area contributed by atoms with Crippen molar-refractivity contribution in [3.8, 4) is 0 Å². The van der Waals surface area contributed by atoms with Crippen LogP contribution in [0, 0.1) is 0 Å². The van der Waals surface area contributed by atoms with Crippen molar-refractivity contribution in [1.82, 2.24) is 4.37 Å². The van der Waals surface area contributed by atoms with Gasteiger partial charge < -0.3 is 10.6 Å². The van der Waals surface area contributed by atoms with Crippen molar-refractivity contribution in [1.29, 1.82) is 0 Å². The first-order valence-electron chi connectivity index (χ1n) is 6.22. The lowest BCUT2D eigenvalue weighted by Gasteiger charge is -2.34. The van der Waals surface area contributed by atoms with Crippen LogP contribution in [0.4, 0.5) is 10.8 Å². The highest BCUT2D eigenvalue weighted by atomic mass is 32.2. The molecule has 1 aliphatic rings. The second kappa shape index (κ2) is 5.05. The van der Waals surface area contributed by atoms with Gasteiger partial charge in [0.25, 0.3) is 0 Å². The van der Waals surface area contributed by atoms with Gasteiger partial charge in [0.15, 0.2) is 15.7 Å². The van der Waals surface area contributed by atoms with Gasteiger partial charge in [0.1, 0.15) is 9.90 Å². The maximum atomic E-state index is 12.1. The van der Waals surface area contributed by atoms with Crippen molar-refractivity contribution in [2.75, 3.05) is 22.9 Å². The van der Waals surface area contributed by atoms with E-state index in [9.17, 15) is 8.42 Å². The highest BCUT2D eigenvalue weighted by Crippen LogP contribution is 2.38. The Hall–Kier alpha value is -0.820. The maximum Gasteiger partial charge on any atom is 0.184 e. The summed E-state index contributed by atoms with van der Waals surface area (Å²) in [6.07, 6.45) is 3.37. The van der Waals surface area contributed by atoms with Crippen LogP contribution in [-0.2, 0) is 9.84 Å². The van der Waals surface area contributed by atoms with E-state index in [4.69, 9.17) is 5.73 Å². The van der Waals surface area contributed by atoms with Crippen LogP contribution < -0.4 is 10.6 Å². The molecule has 102 valence electrons. The lowest BCUT2D eigenvalue weighted by Crippen LogP contribution is -2.37. The van der Waals surface area contributed by atoms with Gasteiger partial charge >= 0.3 is 0 Å². The predicted molar refractivity (Wildman–Crippen MR) is 74.9 cm³/mol. The first-order valence-corrected chi connectivity index (χ1v) is 8.64. The number of nitrogens with two attached hydrogens (primary N) is 1. The van der Waals surface area contributed by atoms with E-state index in [1.54, 1.807) is 6.92 Å². The van der Waals surface area contributed by atoms with Crippen LogP contribution in [0.15, 0.2) is 4.90 Å². The number of hydrogen-bond donors (Lipinski definition) is 1. The van der Waals surface area contributed by atoms with E-state index in [2.05, 4.69) is 16.2 Å². The molecule has 1 aliphatic heterocycles. The molecule has 1 saturated heterocycles. The Morgan fingerprint density at radius 1 is 1.50 bits per heavy atom. The van der Waals surface area contributed by atoms with Crippen molar-refractivity contribution in [2.24, 2.45) is 0 Å². The summed E-state index contributed by atoms with van der Waals surface area (Å²) in [5.41, 5.74) is 5.75. The van der Waals surface area contributed by atoms with Crippen molar-refractivity contribution >= 4 is 32.2 Å². The van der Waals surface area contributed by atoms with Gasteiger partial charge in [0.05, 0.1) is 5.75 Å². The smallest absolute Gasteiger partial charge is 0.184 e. The molecule has 5 nitrogen and oxygen atoms in total. The normalized spacial score (nSPS) is 21.2. The molecular weight excluding hydrogens is 270 g/mol. The minimum atomic E-state index is -3.31. The lowest BCUT2D eigenvalue weighted by atomic mass is 10.0. The summed E-state index contributed by atoms with van der Waals surface area (Å²) in [4.78, 5) is 2.38. The van der Waals surface area contributed by atoms with Gasteiger partial charge in [-0.1, -0.05) is 6.92 Å². The van der Waals surface area contributed by atoms with Crippen LogP contribution in [0.2, 0.25) is 0 Å². The van der Waals surface area contributed by atoms with E-state index in [1.165, 1.54) is 18.0 Å². The zero-order chi connectivity index (χ0) is 13.3. The molecule has 2 rings (SSSR count). The first-order chi connectivity index (χ1) is 8.47. The zero-order valence-electron chi connectivity index (χ0n) is 10.7. The van der Waals surface area contributed by atoms with E-state index in [1.807, 2.05) is 0 Å². The van der Waals surface area contributed by atoms with Crippen LogP contribution in [0.1, 0.15) is 33.1 Å². The Balaban J connectivity index is 2.46. The zero-order valence-corrected chi connectivity index (χ0v) is 12.4. The largest absolute Gasteiger partial charge is 0.382 e. The molecule has 1 aromatic heterocycles. The molecule has 0 aliphatic carbocycles. The number of rotatable bonds is 3.